The van der Waals surface area contributed by atoms with Gasteiger partial charge in [-0.25, -0.2) is 0 Å². The van der Waals surface area contributed by atoms with Crippen molar-refractivity contribution in [2.75, 3.05) is 0 Å². The molecule has 0 nitrogen and oxygen atoms in total. The van der Waals surface area contributed by atoms with Crippen molar-refractivity contribution in [1.29, 1.82) is 0 Å². The number of aryl methyl sites for hydroxylation is 1. The van der Waals surface area contributed by atoms with E-state index >= 15 is 0 Å². The molecule has 1 heteroatoms. The maximum absolute atomic E-state index is 3.68. The molecule has 17 heavy (non-hydrogen) atoms. The number of hydrogen-bond acceptors (Lipinski definition) is 0. The molecule has 0 saturated heterocycles. The van der Waals surface area contributed by atoms with E-state index in [4.69, 9.17) is 0 Å². The van der Waals surface area contributed by atoms with Gasteiger partial charge in [0.1, 0.15) is 0 Å². The van der Waals surface area contributed by atoms with Crippen molar-refractivity contribution in [1.82, 2.24) is 0 Å². The molecule has 0 aromatic heterocycles. The number of benzene rings is 1. The Morgan fingerprint density at radius 1 is 1.06 bits per heavy atom. The molecule has 0 saturated carbocycles. The van der Waals surface area contributed by atoms with E-state index < -0.39 is 0 Å². The largest absolute Gasteiger partial charge is 2.00 e. The molecule has 0 spiro atoms. The first kappa shape index (κ1) is 19.3. The molecule has 0 aliphatic carbocycles. The van der Waals surface area contributed by atoms with Gasteiger partial charge in [0.25, 0.3) is 0 Å². The molecule has 1 rings (SSSR count). The number of rotatable bonds is 6. The van der Waals surface area contributed by atoms with Crippen molar-refractivity contribution in [2.45, 2.75) is 58.8 Å². The summed E-state index contributed by atoms with van der Waals surface area (Å²) >= 11 is 0. The van der Waals surface area contributed by atoms with Gasteiger partial charge < -0.3 is 6.92 Å². The van der Waals surface area contributed by atoms with Gasteiger partial charge in [0.2, 0.25) is 0 Å². The van der Waals surface area contributed by atoms with Gasteiger partial charge in [0.05, 0.1) is 0 Å². The molecule has 0 bridgehead atoms. The van der Waals surface area contributed by atoms with Crippen LogP contribution >= 0.6 is 0 Å². The first-order chi connectivity index (χ1) is 7.85. The first-order valence-corrected chi connectivity index (χ1v) is 6.60. The van der Waals surface area contributed by atoms with Gasteiger partial charge >= 0.3 is 23.1 Å². The summed E-state index contributed by atoms with van der Waals surface area (Å²) in [7, 11) is 0. The minimum absolute atomic E-state index is 0. The molecule has 0 unspecified atom stereocenters. The average molecular weight is 243 g/mol. The third kappa shape index (κ3) is 13.9. The Morgan fingerprint density at radius 2 is 1.76 bits per heavy atom. The van der Waals surface area contributed by atoms with Gasteiger partial charge in [-0.15, -0.1) is 0 Å². The molecule has 0 aliphatic heterocycles. The smallest absolute Gasteiger partial charge is 0.343 e. The molecule has 0 amide bonds. The molecule has 0 radical (unpaired) electrons. The van der Waals surface area contributed by atoms with E-state index in [9.17, 15) is 0 Å². The predicted molar refractivity (Wildman–Crippen MR) is 79.1 cm³/mol. The van der Waals surface area contributed by atoms with Crippen LogP contribution in [0, 0.1) is 13.0 Å². The van der Waals surface area contributed by atoms with Crippen LogP contribution in [0.3, 0.4) is 0 Å². The normalized spacial score (nSPS) is 8.88. The fraction of sp³-hybridized carbons (Fsp3) is 0.562. The van der Waals surface area contributed by atoms with Crippen molar-refractivity contribution in [3.8, 4) is 0 Å². The van der Waals surface area contributed by atoms with E-state index in [0.29, 0.717) is 0 Å². The Labute approximate surface area is 124 Å². The maximum Gasteiger partial charge on any atom is 2.00 e. The SMILES string of the molecule is CCCCCc1[c-]cccc1.[CH2-]CCCC.[Mg+2]. The third-order valence-electron chi connectivity index (χ3n) is 2.43. The summed E-state index contributed by atoms with van der Waals surface area (Å²) in [5.74, 6) is 0. The zero-order valence-electron chi connectivity index (χ0n) is 11.7. The van der Waals surface area contributed by atoms with Gasteiger partial charge in [-0.3, -0.25) is 0 Å². The van der Waals surface area contributed by atoms with Gasteiger partial charge in [0, 0.05) is 0 Å². The Hall–Kier alpha value is -0.0138. The Kier molecular flexibility index (Phi) is 18.2. The second-order valence-electron chi connectivity index (χ2n) is 4.05. The summed E-state index contributed by atoms with van der Waals surface area (Å²) in [6.07, 6.45) is 8.78. The molecule has 0 atom stereocenters. The first-order valence-electron chi connectivity index (χ1n) is 6.60. The molecule has 0 N–H and O–H groups in total. The van der Waals surface area contributed by atoms with Crippen molar-refractivity contribution in [3.63, 3.8) is 0 Å². The van der Waals surface area contributed by atoms with Crippen molar-refractivity contribution in [2.24, 2.45) is 0 Å². The molecular formula is C16H26Mg. The molecule has 1 aromatic carbocycles. The summed E-state index contributed by atoms with van der Waals surface area (Å²) in [5, 5.41) is 0. The average Bonchev–Trinajstić information content (AvgIpc) is 2.33. The fourth-order valence-electron chi connectivity index (χ4n) is 1.40. The topological polar surface area (TPSA) is 0 Å². The van der Waals surface area contributed by atoms with E-state index in [1.54, 1.807) is 0 Å². The minimum Gasteiger partial charge on any atom is -0.343 e. The molecule has 92 valence electrons. The van der Waals surface area contributed by atoms with E-state index in [2.05, 4.69) is 39.0 Å². The summed E-state index contributed by atoms with van der Waals surface area (Å²) in [6.45, 7) is 8.08. The van der Waals surface area contributed by atoms with E-state index in [-0.39, 0.29) is 23.1 Å². The molecule has 0 fully saturated rings. The van der Waals surface area contributed by atoms with Crippen LogP contribution in [-0.2, 0) is 6.42 Å². The van der Waals surface area contributed by atoms with Crippen molar-refractivity contribution < 1.29 is 0 Å². The summed E-state index contributed by atoms with van der Waals surface area (Å²) in [6, 6.07) is 11.5. The van der Waals surface area contributed by atoms with E-state index in [0.717, 1.165) is 6.42 Å². The zero-order valence-corrected chi connectivity index (χ0v) is 13.1. The van der Waals surface area contributed by atoms with Crippen LogP contribution < -0.4 is 0 Å². The van der Waals surface area contributed by atoms with Gasteiger partial charge in [0.15, 0.2) is 0 Å². The minimum atomic E-state index is 0. The summed E-state index contributed by atoms with van der Waals surface area (Å²) < 4.78 is 0. The van der Waals surface area contributed by atoms with Crippen LogP contribution in [0.1, 0.15) is 57.9 Å². The number of unbranched alkanes of at least 4 members (excludes halogenated alkanes) is 4. The van der Waals surface area contributed by atoms with Gasteiger partial charge in [-0.05, 0) is 0 Å². The Bertz CT molecular complexity index is 216. The molecular weight excluding hydrogens is 216 g/mol. The molecule has 0 aliphatic rings. The van der Waals surface area contributed by atoms with Crippen LogP contribution in [0.5, 0.6) is 0 Å². The van der Waals surface area contributed by atoms with Gasteiger partial charge in [-0.2, -0.15) is 42.3 Å². The zero-order chi connectivity index (χ0) is 12.1. The Morgan fingerprint density at radius 3 is 2.18 bits per heavy atom. The summed E-state index contributed by atoms with van der Waals surface area (Å²) in [4.78, 5) is 0. The quantitative estimate of drug-likeness (QED) is 0.380. The van der Waals surface area contributed by atoms with Crippen LogP contribution in [0.4, 0.5) is 0 Å². The van der Waals surface area contributed by atoms with E-state index in [1.807, 2.05) is 12.1 Å². The monoisotopic (exact) mass is 242 g/mol. The van der Waals surface area contributed by atoms with Crippen molar-refractivity contribution in [3.05, 3.63) is 42.8 Å². The second-order valence-corrected chi connectivity index (χ2v) is 4.05. The van der Waals surface area contributed by atoms with Crippen molar-refractivity contribution >= 4 is 23.1 Å². The fourth-order valence-corrected chi connectivity index (χ4v) is 1.40. The van der Waals surface area contributed by atoms with Crippen LogP contribution in [-0.4, -0.2) is 23.1 Å². The second kappa shape index (κ2) is 16.0. The third-order valence-corrected chi connectivity index (χ3v) is 2.43. The van der Waals surface area contributed by atoms with Crippen LogP contribution in [0.15, 0.2) is 24.3 Å². The standard InChI is InChI=1S/C11H15.C5H11.Mg/c1-2-3-5-8-11-9-6-4-7-10-11;1-3-5-4-2;/h4,6-7,9H,2-3,5,8H2,1H3;1,3-5H2,2H3;/q2*-1;+2. The van der Waals surface area contributed by atoms with Gasteiger partial charge in [-0.1, -0.05) is 52.4 Å². The molecule has 0 heterocycles. The van der Waals surface area contributed by atoms with E-state index in [1.165, 1.54) is 44.1 Å². The maximum atomic E-state index is 3.68. The van der Waals surface area contributed by atoms with Crippen LogP contribution in [0.2, 0.25) is 0 Å². The molecule has 1 aromatic rings. The van der Waals surface area contributed by atoms with Crippen LogP contribution in [0.25, 0.3) is 0 Å². The predicted octanol–water partition coefficient (Wildman–Crippen LogP) is 4.85. The number of hydrogen-bond donors (Lipinski definition) is 0. The Balaban J connectivity index is 0. The summed E-state index contributed by atoms with van der Waals surface area (Å²) in [5.41, 5.74) is 1.35.